The van der Waals surface area contributed by atoms with Gasteiger partial charge in [0.15, 0.2) is 11.2 Å². The molecule has 0 fully saturated rings. The van der Waals surface area contributed by atoms with Gasteiger partial charge in [0.05, 0.1) is 5.56 Å². The van der Waals surface area contributed by atoms with Gasteiger partial charge in [-0.25, -0.2) is 9.97 Å². The predicted octanol–water partition coefficient (Wildman–Crippen LogP) is 4.19. The molecule has 0 bridgehead atoms. The summed E-state index contributed by atoms with van der Waals surface area (Å²) >= 11 is 5.93. The minimum Gasteiger partial charge on any atom is -0.434 e. The van der Waals surface area contributed by atoms with Crippen molar-refractivity contribution in [2.24, 2.45) is 0 Å². The van der Waals surface area contributed by atoms with E-state index in [2.05, 4.69) is 20.3 Å². The van der Waals surface area contributed by atoms with Gasteiger partial charge in [-0.2, -0.15) is 4.98 Å². The SMILES string of the molecule is O=C(Nc1ccc(-c2nc3ncccc3o2)cc1)c1cccnc1Cl. The van der Waals surface area contributed by atoms with Crippen LogP contribution in [0.4, 0.5) is 5.69 Å². The van der Waals surface area contributed by atoms with E-state index in [1.165, 1.54) is 6.20 Å². The third-order valence-corrected chi connectivity index (χ3v) is 3.86. The lowest BCUT2D eigenvalue weighted by atomic mass is 10.2. The highest BCUT2D eigenvalue weighted by Crippen LogP contribution is 2.24. The third kappa shape index (κ3) is 3.07. The summed E-state index contributed by atoms with van der Waals surface area (Å²) in [6, 6.07) is 14.0. The van der Waals surface area contributed by atoms with E-state index in [9.17, 15) is 4.79 Å². The second kappa shape index (κ2) is 6.33. The van der Waals surface area contributed by atoms with E-state index in [0.29, 0.717) is 28.4 Å². The standard InChI is InChI=1S/C18H11ClN4O2/c19-15-13(3-1-9-20-15)17(24)22-12-7-5-11(6-8-12)18-23-16-14(25-18)4-2-10-21-16/h1-10H,(H,22,24). The Kier molecular flexibility index (Phi) is 3.87. The van der Waals surface area contributed by atoms with Gasteiger partial charge in [-0.05, 0) is 48.5 Å². The average molecular weight is 351 g/mol. The summed E-state index contributed by atoms with van der Waals surface area (Å²) in [6.07, 6.45) is 3.19. The molecule has 1 N–H and O–H groups in total. The number of fused-ring (bicyclic) bond motifs is 1. The van der Waals surface area contributed by atoms with Gasteiger partial charge in [-0.1, -0.05) is 11.6 Å². The number of pyridine rings is 2. The Labute approximate surface area is 147 Å². The lowest BCUT2D eigenvalue weighted by Crippen LogP contribution is -2.12. The normalized spacial score (nSPS) is 10.8. The second-order valence-electron chi connectivity index (χ2n) is 5.22. The van der Waals surface area contributed by atoms with Crippen molar-refractivity contribution in [2.45, 2.75) is 0 Å². The van der Waals surface area contributed by atoms with Crippen LogP contribution in [0.25, 0.3) is 22.7 Å². The summed E-state index contributed by atoms with van der Waals surface area (Å²) in [5.74, 6) is 0.152. The lowest BCUT2D eigenvalue weighted by molar-refractivity contribution is 0.102. The second-order valence-corrected chi connectivity index (χ2v) is 5.58. The molecule has 3 heterocycles. The van der Waals surface area contributed by atoms with Crippen LogP contribution in [-0.4, -0.2) is 20.9 Å². The molecule has 0 saturated heterocycles. The predicted molar refractivity (Wildman–Crippen MR) is 94.4 cm³/mol. The maximum atomic E-state index is 12.2. The van der Waals surface area contributed by atoms with Gasteiger partial charge >= 0.3 is 0 Å². The number of anilines is 1. The number of nitrogens with one attached hydrogen (secondary N) is 1. The van der Waals surface area contributed by atoms with Crippen molar-refractivity contribution in [3.05, 3.63) is 71.6 Å². The maximum Gasteiger partial charge on any atom is 0.258 e. The van der Waals surface area contributed by atoms with E-state index >= 15 is 0 Å². The molecule has 1 amide bonds. The van der Waals surface area contributed by atoms with Crippen molar-refractivity contribution in [1.82, 2.24) is 15.0 Å². The fourth-order valence-corrected chi connectivity index (χ4v) is 2.55. The fraction of sp³-hybridized carbons (Fsp3) is 0. The van der Waals surface area contributed by atoms with Crippen LogP contribution in [0.3, 0.4) is 0 Å². The highest BCUT2D eigenvalue weighted by atomic mass is 35.5. The topological polar surface area (TPSA) is 80.9 Å². The highest BCUT2D eigenvalue weighted by molar-refractivity contribution is 6.33. The van der Waals surface area contributed by atoms with Gasteiger partial charge in [0.2, 0.25) is 5.89 Å². The van der Waals surface area contributed by atoms with Gasteiger partial charge in [0, 0.05) is 23.6 Å². The number of carbonyl (C=O) groups is 1. The number of nitrogens with zero attached hydrogens (tertiary/aromatic N) is 3. The first-order chi connectivity index (χ1) is 12.2. The van der Waals surface area contributed by atoms with Crippen molar-refractivity contribution in [2.75, 3.05) is 5.32 Å². The van der Waals surface area contributed by atoms with Crippen molar-refractivity contribution < 1.29 is 9.21 Å². The summed E-state index contributed by atoms with van der Waals surface area (Å²) in [4.78, 5) is 24.6. The summed E-state index contributed by atoms with van der Waals surface area (Å²) in [7, 11) is 0. The van der Waals surface area contributed by atoms with Crippen molar-refractivity contribution in [1.29, 1.82) is 0 Å². The Morgan fingerprint density at radius 2 is 1.76 bits per heavy atom. The minimum absolute atomic E-state index is 0.163. The van der Waals surface area contributed by atoms with Crippen molar-refractivity contribution in [3.8, 4) is 11.5 Å². The molecule has 0 atom stereocenters. The smallest absolute Gasteiger partial charge is 0.258 e. The highest BCUT2D eigenvalue weighted by Gasteiger charge is 2.12. The molecule has 1 aromatic carbocycles. The van der Waals surface area contributed by atoms with Gasteiger partial charge in [-0.15, -0.1) is 0 Å². The first-order valence-electron chi connectivity index (χ1n) is 7.44. The monoisotopic (exact) mass is 350 g/mol. The van der Waals surface area contributed by atoms with Gasteiger partial charge in [0.25, 0.3) is 5.91 Å². The number of oxazole rings is 1. The summed E-state index contributed by atoms with van der Waals surface area (Å²) in [6.45, 7) is 0. The van der Waals surface area contributed by atoms with Crippen LogP contribution in [0, 0.1) is 0 Å². The Morgan fingerprint density at radius 1 is 1.00 bits per heavy atom. The van der Waals surface area contributed by atoms with Crippen LogP contribution in [0.15, 0.2) is 65.3 Å². The molecular weight excluding hydrogens is 340 g/mol. The fourth-order valence-electron chi connectivity index (χ4n) is 2.34. The zero-order chi connectivity index (χ0) is 17.2. The van der Waals surface area contributed by atoms with E-state index in [4.69, 9.17) is 16.0 Å². The number of halogens is 1. The lowest BCUT2D eigenvalue weighted by Gasteiger charge is -2.06. The van der Waals surface area contributed by atoms with Gasteiger partial charge in [0.1, 0.15) is 5.15 Å². The summed E-state index contributed by atoms with van der Waals surface area (Å²) in [5.41, 5.74) is 2.92. The molecule has 0 aliphatic rings. The van der Waals surface area contributed by atoms with Crippen LogP contribution in [0.2, 0.25) is 5.15 Å². The molecule has 6 nitrogen and oxygen atoms in total. The molecule has 0 aliphatic carbocycles. The number of hydrogen-bond donors (Lipinski definition) is 1. The quantitative estimate of drug-likeness (QED) is 0.560. The van der Waals surface area contributed by atoms with E-state index in [1.807, 2.05) is 18.2 Å². The van der Waals surface area contributed by atoms with Crippen LogP contribution < -0.4 is 5.32 Å². The zero-order valence-electron chi connectivity index (χ0n) is 12.8. The van der Waals surface area contributed by atoms with Gasteiger partial charge in [-0.3, -0.25) is 4.79 Å². The molecule has 0 spiro atoms. The molecule has 25 heavy (non-hydrogen) atoms. The van der Waals surface area contributed by atoms with Crippen molar-refractivity contribution in [3.63, 3.8) is 0 Å². The largest absolute Gasteiger partial charge is 0.434 e. The van der Waals surface area contributed by atoms with Gasteiger partial charge < -0.3 is 9.73 Å². The molecular formula is C18H11ClN4O2. The third-order valence-electron chi connectivity index (χ3n) is 3.56. The molecule has 0 radical (unpaired) electrons. The number of hydrogen-bond acceptors (Lipinski definition) is 5. The Balaban J connectivity index is 1.56. The summed E-state index contributed by atoms with van der Waals surface area (Å²) < 4.78 is 5.67. The molecule has 4 rings (SSSR count). The van der Waals surface area contributed by atoms with Crippen LogP contribution in [0.1, 0.15) is 10.4 Å². The zero-order valence-corrected chi connectivity index (χ0v) is 13.6. The minimum atomic E-state index is -0.322. The number of amides is 1. The number of rotatable bonds is 3. The Hall–Kier alpha value is -3.25. The van der Waals surface area contributed by atoms with E-state index in [-0.39, 0.29) is 11.1 Å². The Morgan fingerprint density at radius 3 is 2.52 bits per heavy atom. The van der Waals surface area contributed by atoms with E-state index in [1.54, 1.807) is 36.5 Å². The molecule has 0 aliphatic heterocycles. The first kappa shape index (κ1) is 15.3. The summed E-state index contributed by atoms with van der Waals surface area (Å²) in [5, 5.41) is 2.94. The Bertz CT molecular complexity index is 1030. The number of carbonyl (C=O) groups excluding carboxylic acids is 1. The number of aromatic nitrogens is 3. The van der Waals surface area contributed by atoms with Crippen LogP contribution in [-0.2, 0) is 0 Å². The van der Waals surface area contributed by atoms with Crippen LogP contribution in [0.5, 0.6) is 0 Å². The molecule has 7 heteroatoms. The van der Waals surface area contributed by atoms with Crippen molar-refractivity contribution >= 4 is 34.4 Å². The first-order valence-corrected chi connectivity index (χ1v) is 7.82. The molecule has 0 saturated carbocycles. The molecule has 0 unspecified atom stereocenters. The van der Waals surface area contributed by atoms with E-state index < -0.39 is 0 Å². The average Bonchev–Trinajstić information content (AvgIpc) is 3.07. The number of benzene rings is 1. The maximum absolute atomic E-state index is 12.2. The van der Waals surface area contributed by atoms with Crippen LogP contribution >= 0.6 is 11.6 Å². The molecule has 122 valence electrons. The van der Waals surface area contributed by atoms with E-state index in [0.717, 1.165) is 5.56 Å². The molecule has 4 aromatic rings. The molecule has 3 aromatic heterocycles.